The smallest absolute Gasteiger partial charge is 0.149 e. The molecule has 1 N–H and O–H groups in total. The predicted molar refractivity (Wildman–Crippen MR) is 119 cm³/mol. The molecule has 0 bridgehead atoms. The van der Waals surface area contributed by atoms with Gasteiger partial charge >= 0.3 is 0 Å². The summed E-state index contributed by atoms with van der Waals surface area (Å²) in [6.07, 6.45) is 0. The lowest BCUT2D eigenvalue weighted by Crippen LogP contribution is -2.46. The molecule has 4 rings (SSSR count). The quantitative estimate of drug-likeness (QED) is 0.692. The Labute approximate surface area is 173 Å². The lowest BCUT2D eigenvalue weighted by molar-refractivity contribution is 0.249. The summed E-state index contributed by atoms with van der Waals surface area (Å²) < 4.78 is 0. The van der Waals surface area contributed by atoms with E-state index in [9.17, 15) is 0 Å². The van der Waals surface area contributed by atoms with Crippen molar-refractivity contribution in [2.45, 2.75) is 26.9 Å². The molecule has 1 aromatic heterocycles. The molecule has 5 heteroatoms. The number of nitrogens with one attached hydrogen (secondary N) is 1. The summed E-state index contributed by atoms with van der Waals surface area (Å²) in [5.74, 6) is 0.833. The van der Waals surface area contributed by atoms with Crippen LogP contribution >= 0.6 is 0 Å². The van der Waals surface area contributed by atoms with Gasteiger partial charge in [0.05, 0.1) is 5.69 Å². The molecule has 0 atom stereocenters. The molecule has 0 unspecified atom stereocenters. The fourth-order valence-electron chi connectivity index (χ4n) is 3.75. The fraction of sp³-hybridized carbons (Fsp3) is 0.333. The van der Waals surface area contributed by atoms with Crippen molar-refractivity contribution in [3.63, 3.8) is 0 Å². The SMILES string of the molecule is Cc1cc(NCc2ccccc2CN2CCN(c3ccccc3)CC2)nnc1C. The van der Waals surface area contributed by atoms with Crippen molar-refractivity contribution in [2.75, 3.05) is 36.4 Å². The van der Waals surface area contributed by atoms with Crippen LogP contribution in [0.3, 0.4) is 0 Å². The van der Waals surface area contributed by atoms with E-state index in [1.54, 1.807) is 0 Å². The Balaban J connectivity index is 1.35. The molecule has 1 aliphatic rings. The van der Waals surface area contributed by atoms with Crippen LogP contribution in [0.2, 0.25) is 0 Å². The summed E-state index contributed by atoms with van der Waals surface area (Å²) in [5.41, 5.74) is 6.16. The predicted octanol–water partition coefficient (Wildman–Crippen LogP) is 4.03. The van der Waals surface area contributed by atoms with Crippen LogP contribution in [0.5, 0.6) is 0 Å². The summed E-state index contributed by atoms with van der Waals surface area (Å²) in [7, 11) is 0. The van der Waals surface area contributed by atoms with Crippen molar-refractivity contribution in [3.05, 3.63) is 83.0 Å². The number of hydrogen-bond acceptors (Lipinski definition) is 5. The van der Waals surface area contributed by atoms with E-state index in [0.29, 0.717) is 0 Å². The van der Waals surface area contributed by atoms with Crippen LogP contribution in [-0.2, 0) is 13.1 Å². The largest absolute Gasteiger partial charge is 0.369 e. The molecule has 1 fully saturated rings. The number of anilines is 2. The summed E-state index contributed by atoms with van der Waals surface area (Å²) in [6.45, 7) is 10.1. The van der Waals surface area contributed by atoms with Gasteiger partial charge in [0.25, 0.3) is 0 Å². The minimum atomic E-state index is 0.761. The number of piperazine rings is 1. The molecule has 0 spiro atoms. The van der Waals surface area contributed by atoms with Crippen LogP contribution in [0.1, 0.15) is 22.4 Å². The second-order valence-corrected chi connectivity index (χ2v) is 7.72. The molecule has 0 aliphatic carbocycles. The zero-order valence-corrected chi connectivity index (χ0v) is 17.3. The van der Waals surface area contributed by atoms with Gasteiger partial charge in [-0.2, -0.15) is 5.10 Å². The van der Waals surface area contributed by atoms with Crippen LogP contribution in [0.4, 0.5) is 11.5 Å². The second-order valence-electron chi connectivity index (χ2n) is 7.72. The first-order chi connectivity index (χ1) is 14.2. The van der Waals surface area contributed by atoms with Gasteiger partial charge in [-0.15, -0.1) is 5.10 Å². The number of hydrogen-bond donors (Lipinski definition) is 1. The molecular formula is C24H29N5. The van der Waals surface area contributed by atoms with Gasteiger partial charge in [-0.05, 0) is 48.7 Å². The normalized spacial score (nSPS) is 14.8. The number of aryl methyl sites for hydroxylation is 2. The van der Waals surface area contributed by atoms with E-state index in [0.717, 1.165) is 56.3 Å². The van der Waals surface area contributed by atoms with E-state index in [4.69, 9.17) is 0 Å². The first-order valence-electron chi connectivity index (χ1n) is 10.3. The zero-order valence-electron chi connectivity index (χ0n) is 17.3. The molecule has 3 aromatic rings. The highest BCUT2D eigenvalue weighted by atomic mass is 15.3. The molecule has 0 radical (unpaired) electrons. The van der Waals surface area contributed by atoms with Gasteiger partial charge < -0.3 is 10.2 Å². The Morgan fingerprint density at radius 3 is 2.24 bits per heavy atom. The molecule has 150 valence electrons. The molecular weight excluding hydrogens is 358 g/mol. The number of rotatable bonds is 6. The molecule has 1 saturated heterocycles. The first kappa shape index (κ1) is 19.4. The van der Waals surface area contributed by atoms with Gasteiger partial charge in [0, 0.05) is 45.0 Å². The highest BCUT2D eigenvalue weighted by Crippen LogP contribution is 2.19. The van der Waals surface area contributed by atoms with Crippen molar-refractivity contribution in [3.8, 4) is 0 Å². The van der Waals surface area contributed by atoms with Gasteiger partial charge in [-0.1, -0.05) is 42.5 Å². The van der Waals surface area contributed by atoms with Crippen LogP contribution in [-0.4, -0.2) is 41.3 Å². The Kier molecular flexibility index (Phi) is 6.06. The highest BCUT2D eigenvalue weighted by molar-refractivity contribution is 5.46. The maximum Gasteiger partial charge on any atom is 0.149 e. The third-order valence-electron chi connectivity index (χ3n) is 5.70. The van der Waals surface area contributed by atoms with Crippen molar-refractivity contribution in [2.24, 2.45) is 0 Å². The minimum Gasteiger partial charge on any atom is -0.369 e. The summed E-state index contributed by atoms with van der Waals surface area (Å²) >= 11 is 0. The molecule has 1 aliphatic heterocycles. The lowest BCUT2D eigenvalue weighted by atomic mass is 10.1. The van der Waals surface area contributed by atoms with Crippen LogP contribution < -0.4 is 10.2 Å². The molecule has 0 saturated carbocycles. The second kappa shape index (κ2) is 9.05. The van der Waals surface area contributed by atoms with Gasteiger partial charge in [0.2, 0.25) is 0 Å². The van der Waals surface area contributed by atoms with Gasteiger partial charge in [-0.25, -0.2) is 0 Å². The standard InChI is InChI=1S/C24H29N5/c1-19-16-24(27-26-20(19)2)25-17-21-8-6-7-9-22(21)18-28-12-14-29(15-13-28)23-10-4-3-5-11-23/h3-11,16H,12-15,17-18H2,1-2H3,(H,25,27). The van der Waals surface area contributed by atoms with Crippen molar-refractivity contribution in [1.29, 1.82) is 0 Å². The average molecular weight is 388 g/mol. The maximum absolute atomic E-state index is 4.26. The Morgan fingerprint density at radius 1 is 0.828 bits per heavy atom. The molecule has 29 heavy (non-hydrogen) atoms. The van der Waals surface area contributed by atoms with E-state index in [2.05, 4.69) is 92.9 Å². The van der Waals surface area contributed by atoms with Gasteiger partial charge in [0.1, 0.15) is 5.82 Å². The van der Waals surface area contributed by atoms with Crippen LogP contribution in [0, 0.1) is 13.8 Å². The van der Waals surface area contributed by atoms with Crippen LogP contribution in [0.15, 0.2) is 60.7 Å². The zero-order chi connectivity index (χ0) is 20.1. The maximum atomic E-state index is 4.26. The summed E-state index contributed by atoms with van der Waals surface area (Å²) in [6, 6.07) is 21.5. The average Bonchev–Trinajstić information content (AvgIpc) is 2.77. The van der Waals surface area contributed by atoms with Crippen molar-refractivity contribution >= 4 is 11.5 Å². The van der Waals surface area contributed by atoms with E-state index in [1.807, 2.05) is 6.92 Å². The summed E-state index contributed by atoms with van der Waals surface area (Å²) in [4.78, 5) is 5.02. The highest BCUT2D eigenvalue weighted by Gasteiger charge is 2.18. The van der Waals surface area contributed by atoms with E-state index < -0.39 is 0 Å². The van der Waals surface area contributed by atoms with Gasteiger partial charge in [-0.3, -0.25) is 4.90 Å². The lowest BCUT2D eigenvalue weighted by Gasteiger charge is -2.36. The Hall–Kier alpha value is -2.92. The van der Waals surface area contributed by atoms with E-state index in [-0.39, 0.29) is 0 Å². The number of aromatic nitrogens is 2. The Bertz CT molecular complexity index is 933. The molecule has 2 heterocycles. The van der Waals surface area contributed by atoms with E-state index >= 15 is 0 Å². The van der Waals surface area contributed by atoms with E-state index in [1.165, 1.54) is 16.8 Å². The Morgan fingerprint density at radius 2 is 1.52 bits per heavy atom. The van der Waals surface area contributed by atoms with Gasteiger partial charge in [0.15, 0.2) is 0 Å². The molecule has 0 amide bonds. The minimum absolute atomic E-state index is 0.761. The third-order valence-corrected chi connectivity index (χ3v) is 5.70. The number of benzene rings is 2. The topological polar surface area (TPSA) is 44.3 Å². The third kappa shape index (κ3) is 4.93. The molecule has 5 nitrogen and oxygen atoms in total. The van der Waals surface area contributed by atoms with Crippen molar-refractivity contribution in [1.82, 2.24) is 15.1 Å². The number of para-hydroxylation sites is 1. The first-order valence-corrected chi connectivity index (χ1v) is 10.3. The van der Waals surface area contributed by atoms with Crippen molar-refractivity contribution < 1.29 is 0 Å². The molecule has 2 aromatic carbocycles. The summed E-state index contributed by atoms with van der Waals surface area (Å²) in [5, 5.41) is 11.9. The monoisotopic (exact) mass is 387 g/mol. The fourth-order valence-corrected chi connectivity index (χ4v) is 3.75. The number of nitrogens with zero attached hydrogens (tertiary/aromatic N) is 4. The van der Waals surface area contributed by atoms with Crippen LogP contribution in [0.25, 0.3) is 0 Å².